The Labute approximate surface area is 59.8 Å². The molecule has 1 heterocycles. The monoisotopic (exact) mass is 189 g/mol. The van der Waals surface area contributed by atoms with Crippen molar-refractivity contribution < 1.29 is 4.79 Å². The first-order valence-electron chi connectivity index (χ1n) is 2.30. The zero-order chi connectivity index (χ0) is 6.69. The molecule has 0 amide bonds. The van der Waals surface area contributed by atoms with E-state index in [4.69, 9.17) is 0 Å². The third kappa shape index (κ3) is 1.35. The Morgan fingerprint density at radius 2 is 2.67 bits per heavy atom. The molecule has 0 aliphatic rings. The summed E-state index contributed by atoms with van der Waals surface area (Å²) in [6.07, 6.45) is 1.46. The topological polar surface area (TPSA) is 58.6 Å². The van der Waals surface area contributed by atoms with Crippen molar-refractivity contribution >= 4 is 21.7 Å². The lowest BCUT2D eigenvalue weighted by Crippen LogP contribution is -1.99. The summed E-state index contributed by atoms with van der Waals surface area (Å²) in [5, 5.41) is 9.61. The molecule has 0 unspecified atom stereocenters. The van der Waals surface area contributed by atoms with Crippen LogP contribution in [0.15, 0.2) is 6.20 Å². The van der Waals surface area contributed by atoms with Crippen LogP contribution in [0.4, 0.5) is 0 Å². The van der Waals surface area contributed by atoms with Crippen LogP contribution in [-0.4, -0.2) is 26.5 Å². The number of carbonyl (C=O) groups is 1. The second-order valence-corrected chi connectivity index (χ2v) is 1.98. The van der Waals surface area contributed by atoms with E-state index in [1.165, 1.54) is 6.20 Å². The van der Waals surface area contributed by atoms with Crippen molar-refractivity contribution in [3.05, 3.63) is 11.9 Å². The summed E-state index contributed by atoms with van der Waals surface area (Å²) >= 11 is 3.00. The van der Waals surface area contributed by atoms with Gasteiger partial charge in [0.1, 0.15) is 5.69 Å². The van der Waals surface area contributed by atoms with Gasteiger partial charge in [-0.2, -0.15) is 0 Å². The minimum atomic E-state index is -0.0660. The van der Waals surface area contributed by atoms with Gasteiger partial charge in [0.05, 0.1) is 11.5 Å². The average molecular weight is 190 g/mol. The Balaban J connectivity index is 2.77. The van der Waals surface area contributed by atoms with Gasteiger partial charge in [-0.25, -0.2) is 0 Å². The van der Waals surface area contributed by atoms with E-state index in [2.05, 4.69) is 31.3 Å². The quantitative estimate of drug-likeness (QED) is 0.541. The molecular formula is C4H4BrN3O. The second-order valence-electron chi connectivity index (χ2n) is 1.42. The first-order chi connectivity index (χ1) is 4.34. The molecule has 0 aromatic carbocycles. The molecule has 1 rings (SSSR count). The summed E-state index contributed by atoms with van der Waals surface area (Å²) in [7, 11) is 0. The Morgan fingerprint density at radius 3 is 3.11 bits per heavy atom. The van der Waals surface area contributed by atoms with Crippen LogP contribution < -0.4 is 0 Å². The number of aromatic nitrogens is 3. The number of Topliss-reactive ketones (excluding diaryl/α,β-unsaturated/α-hetero) is 1. The van der Waals surface area contributed by atoms with Gasteiger partial charge in [-0.15, -0.1) is 5.10 Å². The highest BCUT2D eigenvalue weighted by Gasteiger charge is 2.04. The fourth-order valence-corrected chi connectivity index (χ4v) is 0.694. The van der Waals surface area contributed by atoms with Crippen molar-refractivity contribution in [3.8, 4) is 0 Å². The fourth-order valence-electron chi connectivity index (χ4n) is 0.406. The Morgan fingerprint density at radius 1 is 1.89 bits per heavy atom. The first kappa shape index (κ1) is 6.41. The van der Waals surface area contributed by atoms with Gasteiger partial charge in [0.15, 0.2) is 5.78 Å². The molecular weight excluding hydrogens is 186 g/mol. The SMILES string of the molecule is O=C(CBr)c1c[nH]nn1. The highest BCUT2D eigenvalue weighted by Crippen LogP contribution is 1.93. The molecule has 0 fully saturated rings. The number of hydrogen-bond acceptors (Lipinski definition) is 3. The van der Waals surface area contributed by atoms with E-state index in [9.17, 15) is 4.79 Å². The van der Waals surface area contributed by atoms with Crippen molar-refractivity contribution in [2.45, 2.75) is 0 Å². The highest BCUT2D eigenvalue weighted by molar-refractivity contribution is 9.09. The minimum absolute atomic E-state index is 0.0660. The second kappa shape index (κ2) is 2.72. The van der Waals surface area contributed by atoms with Gasteiger partial charge >= 0.3 is 0 Å². The van der Waals surface area contributed by atoms with Crippen LogP contribution in [0.3, 0.4) is 0 Å². The van der Waals surface area contributed by atoms with Crippen LogP contribution in [0.1, 0.15) is 10.5 Å². The summed E-state index contributed by atoms with van der Waals surface area (Å²) in [6.45, 7) is 0. The summed E-state index contributed by atoms with van der Waals surface area (Å²) in [4.78, 5) is 10.7. The molecule has 0 aliphatic carbocycles. The molecule has 1 aromatic rings. The van der Waals surface area contributed by atoms with Crippen molar-refractivity contribution in [3.63, 3.8) is 0 Å². The molecule has 0 radical (unpaired) electrons. The zero-order valence-corrected chi connectivity index (χ0v) is 6.05. The van der Waals surface area contributed by atoms with Gasteiger partial charge in [-0.05, 0) is 0 Å². The van der Waals surface area contributed by atoms with Crippen LogP contribution >= 0.6 is 15.9 Å². The number of ketones is 1. The number of rotatable bonds is 2. The van der Waals surface area contributed by atoms with Crippen LogP contribution in [-0.2, 0) is 0 Å². The smallest absolute Gasteiger partial charge is 0.195 e. The maximum Gasteiger partial charge on any atom is 0.195 e. The van der Waals surface area contributed by atoms with Crippen molar-refractivity contribution in [1.29, 1.82) is 0 Å². The third-order valence-corrected chi connectivity index (χ3v) is 1.33. The van der Waals surface area contributed by atoms with Gasteiger partial charge < -0.3 is 0 Å². The fraction of sp³-hybridized carbons (Fsp3) is 0.250. The lowest BCUT2D eigenvalue weighted by Gasteiger charge is -1.82. The predicted molar refractivity (Wildman–Crippen MR) is 34.5 cm³/mol. The summed E-state index contributed by atoms with van der Waals surface area (Å²) in [5.74, 6) is -0.0660. The van der Waals surface area contributed by atoms with Crippen molar-refractivity contribution in [1.82, 2.24) is 15.4 Å². The van der Waals surface area contributed by atoms with Crippen LogP contribution in [0.5, 0.6) is 0 Å². The molecule has 9 heavy (non-hydrogen) atoms. The lowest BCUT2D eigenvalue weighted by atomic mass is 10.3. The number of nitrogens with one attached hydrogen (secondary N) is 1. The van der Waals surface area contributed by atoms with E-state index in [0.29, 0.717) is 11.0 Å². The van der Waals surface area contributed by atoms with E-state index >= 15 is 0 Å². The van der Waals surface area contributed by atoms with Gasteiger partial charge in [-0.3, -0.25) is 9.89 Å². The molecule has 0 saturated heterocycles. The van der Waals surface area contributed by atoms with Crippen LogP contribution in [0, 0.1) is 0 Å². The van der Waals surface area contributed by atoms with E-state index in [1.807, 2.05) is 0 Å². The molecule has 48 valence electrons. The number of nitrogens with zero attached hydrogens (tertiary/aromatic N) is 2. The normalized spacial score (nSPS) is 9.44. The number of alkyl halides is 1. The first-order valence-corrected chi connectivity index (χ1v) is 3.42. The molecule has 0 aliphatic heterocycles. The number of H-pyrrole nitrogens is 1. The van der Waals surface area contributed by atoms with E-state index < -0.39 is 0 Å². The predicted octanol–water partition coefficient (Wildman–Crippen LogP) is 0.382. The Hall–Kier alpha value is -0.710. The maximum atomic E-state index is 10.7. The van der Waals surface area contributed by atoms with Gasteiger partial charge in [0, 0.05) is 0 Å². The highest BCUT2D eigenvalue weighted by atomic mass is 79.9. The molecule has 0 atom stereocenters. The molecule has 5 heteroatoms. The lowest BCUT2D eigenvalue weighted by molar-refractivity contribution is 0.101. The standard InChI is InChI=1S/C4H4BrN3O/c5-1-4(9)3-2-6-8-7-3/h2H,1H2,(H,6,7,8). The van der Waals surface area contributed by atoms with E-state index in [-0.39, 0.29) is 5.78 Å². The third-order valence-electron chi connectivity index (χ3n) is 0.824. The van der Waals surface area contributed by atoms with Crippen LogP contribution in [0.25, 0.3) is 0 Å². The Bertz CT molecular complexity index is 196. The number of halogens is 1. The molecule has 1 aromatic heterocycles. The van der Waals surface area contributed by atoms with Crippen molar-refractivity contribution in [2.75, 3.05) is 5.33 Å². The number of aromatic amines is 1. The average Bonchev–Trinajstić information content (AvgIpc) is 2.37. The summed E-state index contributed by atoms with van der Waals surface area (Å²) in [5.41, 5.74) is 0.367. The van der Waals surface area contributed by atoms with Crippen molar-refractivity contribution in [2.24, 2.45) is 0 Å². The number of hydrogen-bond donors (Lipinski definition) is 1. The van der Waals surface area contributed by atoms with E-state index in [1.54, 1.807) is 0 Å². The minimum Gasteiger partial charge on any atom is -0.291 e. The molecule has 4 nitrogen and oxygen atoms in total. The largest absolute Gasteiger partial charge is 0.291 e. The summed E-state index contributed by atoms with van der Waals surface area (Å²) < 4.78 is 0. The molecule has 0 bridgehead atoms. The summed E-state index contributed by atoms with van der Waals surface area (Å²) in [6, 6.07) is 0. The van der Waals surface area contributed by atoms with E-state index in [0.717, 1.165) is 0 Å². The molecule has 0 saturated carbocycles. The maximum absolute atomic E-state index is 10.7. The zero-order valence-electron chi connectivity index (χ0n) is 4.47. The molecule has 1 N–H and O–H groups in total. The van der Waals surface area contributed by atoms with Gasteiger partial charge in [0.2, 0.25) is 0 Å². The molecule has 0 spiro atoms. The van der Waals surface area contributed by atoms with Gasteiger partial charge in [0.25, 0.3) is 0 Å². The Kier molecular flexibility index (Phi) is 1.94. The number of carbonyl (C=O) groups excluding carboxylic acids is 1. The van der Waals surface area contributed by atoms with Gasteiger partial charge in [-0.1, -0.05) is 21.1 Å². The van der Waals surface area contributed by atoms with Crippen LogP contribution in [0.2, 0.25) is 0 Å².